The van der Waals surface area contributed by atoms with Crippen molar-refractivity contribution in [3.8, 4) is 0 Å². The molecule has 1 saturated carbocycles. The lowest BCUT2D eigenvalue weighted by Crippen LogP contribution is -2.51. The average Bonchev–Trinajstić information content (AvgIpc) is 2.50. The lowest BCUT2D eigenvalue weighted by atomic mass is 9.87. The molecule has 0 spiro atoms. The summed E-state index contributed by atoms with van der Waals surface area (Å²) < 4.78 is 5.98. The molecule has 1 amide bonds. The van der Waals surface area contributed by atoms with Gasteiger partial charge >= 0.3 is 0 Å². The highest BCUT2D eigenvalue weighted by Crippen LogP contribution is 2.28. The molecule has 23 heavy (non-hydrogen) atoms. The number of amides is 1. The van der Waals surface area contributed by atoms with Gasteiger partial charge in [0.25, 0.3) is 0 Å². The van der Waals surface area contributed by atoms with Crippen LogP contribution in [0.15, 0.2) is 0 Å². The van der Waals surface area contributed by atoms with Crippen LogP contribution in [0, 0.1) is 5.92 Å². The number of rotatable bonds is 8. The molecule has 1 aliphatic carbocycles. The van der Waals surface area contributed by atoms with Gasteiger partial charge in [-0.05, 0) is 25.8 Å². The first-order valence-corrected chi connectivity index (χ1v) is 9.34. The molecule has 134 valence electrons. The number of hydrogen-bond donors (Lipinski definition) is 0. The molecule has 0 radical (unpaired) electrons. The Morgan fingerprint density at radius 3 is 2.22 bits per heavy atom. The minimum absolute atomic E-state index is 0.0892. The molecule has 1 saturated heterocycles. The van der Waals surface area contributed by atoms with Crippen LogP contribution in [0.4, 0.5) is 0 Å². The Bertz CT molecular complexity index is 361. The van der Waals surface area contributed by atoms with Crippen LogP contribution in [-0.2, 0) is 9.53 Å². The van der Waals surface area contributed by atoms with E-state index in [-0.39, 0.29) is 11.8 Å². The van der Waals surface area contributed by atoms with Gasteiger partial charge in [0.2, 0.25) is 5.91 Å². The van der Waals surface area contributed by atoms with Crippen molar-refractivity contribution in [1.82, 2.24) is 14.7 Å². The van der Waals surface area contributed by atoms with E-state index in [2.05, 4.69) is 16.7 Å². The Morgan fingerprint density at radius 2 is 1.70 bits per heavy atom. The van der Waals surface area contributed by atoms with Crippen molar-refractivity contribution in [3.05, 3.63) is 0 Å². The Morgan fingerprint density at radius 1 is 1.13 bits per heavy atom. The third kappa shape index (κ3) is 5.44. The van der Waals surface area contributed by atoms with E-state index in [1.165, 1.54) is 39.1 Å². The molecule has 2 rings (SSSR count). The Labute approximate surface area is 141 Å². The molecular weight excluding hydrogens is 290 g/mol. The highest BCUT2D eigenvalue weighted by Gasteiger charge is 2.35. The topological polar surface area (TPSA) is 36.0 Å². The summed E-state index contributed by atoms with van der Waals surface area (Å²) in [5.74, 6) is 0.338. The average molecular weight is 325 g/mol. The van der Waals surface area contributed by atoms with Crippen molar-refractivity contribution in [3.63, 3.8) is 0 Å². The van der Waals surface area contributed by atoms with E-state index in [0.717, 1.165) is 26.0 Å². The van der Waals surface area contributed by atoms with Crippen molar-refractivity contribution in [2.75, 3.05) is 52.9 Å². The number of carbonyl (C=O) groups is 1. The minimum Gasteiger partial charge on any atom is -0.377 e. The standard InChI is InChI=1S/C18H35N3O2/c1-5-6-20-7-9-21(10-8-20)11-12-23-17-13-16(14-17)19(4)18(22)15(2)3/h15-17H,5-14H2,1-4H3/t16-,17-. The van der Waals surface area contributed by atoms with Crippen LogP contribution in [-0.4, -0.2) is 85.7 Å². The minimum atomic E-state index is 0.0892. The summed E-state index contributed by atoms with van der Waals surface area (Å²) in [6.07, 6.45) is 3.60. The van der Waals surface area contributed by atoms with Gasteiger partial charge in [0, 0.05) is 51.7 Å². The first-order chi connectivity index (χ1) is 11.0. The summed E-state index contributed by atoms with van der Waals surface area (Å²) in [4.78, 5) is 18.9. The SMILES string of the molecule is CCCN1CCN(CCO[C@H]2C[C@H](N(C)C(=O)C(C)C)C2)CC1. The van der Waals surface area contributed by atoms with Crippen LogP contribution in [0.25, 0.3) is 0 Å². The molecule has 2 fully saturated rings. The molecular formula is C18H35N3O2. The van der Waals surface area contributed by atoms with Crippen molar-refractivity contribution in [2.24, 2.45) is 5.92 Å². The van der Waals surface area contributed by atoms with Gasteiger partial charge < -0.3 is 14.5 Å². The first-order valence-electron chi connectivity index (χ1n) is 9.34. The first kappa shape index (κ1) is 18.7. The summed E-state index contributed by atoms with van der Waals surface area (Å²) in [5, 5.41) is 0. The number of ether oxygens (including phenoxy) is 1. The van der Waals surface area contributed by atoms with Gasteiger partial charge in [0.1, 0.15) is 0 Å². The van der Waals surface area contributed by atoms with E-state index >= 15 is 0 Å². The second-order valence-corrected chi connectivity index (χ2v) is 7.41. The quantitative estimate of drug-likeness (QED) is 0.680. The Balaban J connectivity index is 1.53. The summed E-state index contributed by atoms with van der Waals surface area (Å²) >= 11 is 0. The van der Waals surface area contributed by atoms with Gasteiger partial charge in [0.05, 0.1) is 12.7 Å². The van der Waals surface area contributed by atoms with E-state index in [4.69, 9.17) is 4.74 Å². The summed E-state index contributed by atoms with van der Waals surface area (Å²) in [6, 6.07) is 0.382. The molecule has 1 aliphatic heterocycles. The van der Waals surface area contributed by atoms with Crippen molar-refractivity contribution >= 4 is 5.91 Å². The van der Waals surface area contributed by atoms with Gasteiger partial charge in [-0.15, -0.1) is 0 Å². The number of carbonyl (C=O) groups excluding carboxylic acids is 1. The van der Waals surface area contributed by atoms with Crippen molar-refractivity contribution < 1.29 is 9.53 Å². The molecule has 0 unspecified atom stereocenters. The monoisotopic (exact) mass is 325 g/mol. The lowest BCUT2D eigenvalue weighted by molar-refractivity contribution is -0.140. The molecule has 0 aromatic rings. The van der Waals surface area contributed by atoms with Gasteiger partial charge in [-0.1, -0.05) is 20.8 Å². The maximum absolute atomic E-state index is 12.0. The van der Waals surface area contributed by atoms with E-state index in [1.807, 2.05) is 25.8 Å². The van der Waals surface area contributed by atoms with Crippen LogP contribution in [0.5, 0.6) is 0 Å². The van der Waals surface area contributed by atoms with Crippen molar-refractivity contribution in [1.29, 1.82) is 0 Å². The number of hydrogen-bond acceptors (Lipinski definition) is 4. The normalized spacial score (nSPS) is 26.3. The fourth-order valence-corrected chi connectivity index (χ4v) is 3.48. The second-order valence-electron chi connectivity index (χ2n) is 7.41. The van der Waals surface area contributed by atoms with Crippen LogP contribution in [0.1, 0.15) is 40.0 Å². The van der Waals surface area contributed by atoms with Crippen molar-refractivity contribution in [2.45, 2.75) is 52.2 Å². The predicted molar refractivity (Wildman–Crippen MR) is 93.5 cm³/mol. The zero-order valence-corrected chi connectivity index (χ0v) is 15.5. The van der Waals surface area contributed by atoms with Gasteiger partial charge in [-0.3, -0.25) is 9.69 Å². The van der Waals surface area contributed by atoms with Crippen LogP contribution in [0.3, 0.4) is 0 Å². The molecule has 5 nitrogen and oxygen atoms in total. The molecule has 0 atom stereocenters. The van der Waals surface area contributed by atoms with E-state index in [0.29, 0.717) is 12.1 Å². The summed E-state index contributed by atoms with van der Waals surface area (Å²) in [6.45, 7) is 14.0. The fourth-order valence-electron chi connectivity index (χ4n) is 3.48. The fraction of sp³-hybridized carbons (Fsp3) is 0.944. The maximum Gasteiger partial charge on any atom is 0.225 e. The molecule has 2 aliphatic rings. The highest BCUT2D eigenvalue weighted by molar-refractivity contribution is 5.78. The molecule has 0 aromatic carbocycles. The largest absolute Gasteiger partial charge is 0.377 e. The van der Waals surface area contributed by atoms with Gasteiger partial charge in [-0.2, -0.15) is 0 Å². The number of nitrogens with zero attached hydrogens (tertiary/aromatic N) is 3. The maximum atomic E-state index is 12.0. The van der Waals surface area contributed by atoms with Gasteiger partial charge in [-0.25, -0.2) is 0 Å². The lowest BCUT2D eigenvalue weighted by Gasteiger charge is -2.42. The molecule has 0 bridgehead atoms. The van der Waals surface area contributed by atoms with E-state index < -0.39 is 0 Å². The summed E-state index contributed by atoms with van der Waals surface area (Å²) in [5.41, 5.74) is 0. The molecule has 0 aromatic heterocycles. The van der Waals surface area contributed by atoms with E-state index in [1.54, 1.807) is 0 Å². The van der Waals surface area contributed by atoms with E-state index in [9.17, 15) is 4.79 Å². The Kier molecular flexibility index (Phi) is 7.31. The van der Waals surface area contributed by atoms with Crippen LogP contribution < -0.4 is 0 Å². The zero-order valence-electron chi connectivity index (χ0n) is 15.5. The van der Waals surface area contributed by atoms with Crippen LogP contribution >= 0.6 is 0 Å². The molecule has 0 N–H and O–H groups in total. The third-order valence-electron chi connectivity index (χ3n) is 5.22. The zero-order chi connectivity index (χ0) is 16.8. The number of piperazine rings is 1. The predicted octanol–water partition coefficient (Wildman–Crippen LogP) is 1.68. The highest BCUT2D eigenvalue weighted by atomic mass is 16.5. The molecule has 1 heterocycles. The molecule has 5 heteroatoms. The third-order valence-corrected chi connectivity index (χ3v) is 5.22. The van der Waals surface area contributed by atoms with Crippen LogP contribution in [0.2, 0.25) is 0 Å². The van der Waals surface area contributed by atoms with Gasteiger partial charge in [0.15, 0.2) is 0 Å². The Hall–Kier alpha value is -0.650. The second kappa shape index (κ2) is 9.00. The summed E-state index contributed by atoms with van der Waals surface area (Å²) in [7, 11) is 1.93. The smallest absolute Gasteiger partial charge is 0.225 e.